The normalized spacial score (nSPS) is 12.3. The molecular formula is C14H16N2O3. The van der Waals surface area contributed by atoms with Crippen LogP contribution in [0.4, 0.5) is 0 Å². The summed E-state index contributed by atoms with van der Waals surface area (Å²) in [5.41, 5.74) is 1.12. The molecule has 2 aromatic rings. The van der Waals surface area contributed by atoms with Crippen LogP contribution in [0.25, 0.3) is 0 Å². The van der Waals surface area contributed by atoms with Crippen molar-refractivity contribution in [3.63, 3.8) is 0 Å². The average Bonchev–Trinajstić information content (AvgIpc) is 2.87. The van der Waals surface area contributed by atoms with Gasteiger partial charge in [0, 0.05) is 6.42 Å². The van der Waals surface area contributed by atoms with E-state index in [0.29, 0.717) is 11.8 Å². The predicted molar refractivity (Wildman–Crippen MR) is 68.8 cm³/mol. The van der Waals surface area contributed by atoms with Crippen molar-refractivity contribution >= 4 is 5.97 Å². The number of aliphatic carboxylic acids is 1. The molecule has 0 saturated heterocycles. The Hall–Kier alpha value is -2.17. The number of carboxylic acids is 1. The molecule has 2 rings (SSSR count). The smallest absolute Gasteiger partial charge is 0.303 e. The summed E-state index contributed by atoms with van der Waals surface area (Å²) in [4.78, 5) is 10.5. The van der Waals surface area contributed by atoms with Crippen molar-refractivity contribution in [3.05, 3.63) is 47.7 Å². The summed E-state index contributed by atoms with van der Waals surface area (Å²) in [6.07, 6.45) is 1.13. The maximum Gasteiger partial charge on any atom is 0.303 e. The van der Waals surface area contributed by atoms with E-state index in [0.717, 1.165) is 12.0 Å². The molecule has 5 heteroatoms. The quantitative estimate of drug-likeness (QED) is 0.864. The lowest BCUT2D eigenvalue weighted by atomic mass is 9.97. The first-order valence-electron chi connectivity index (χ1n) is 6.29. The molecule has 0 saturated carbocycles. The lowest BCUT2D eigenvalue weighted by Crippen LogP contribution is -1.99. The van der Waals surface area contributed by atoms with Crippen LogP contribution in [0.2, 0.25) is 0 Å². The monoisotopic (exact) mass is 260 g/mol. The van der Waals surface area contributed by atoms with Gasteiger partial charge in [0.1, 0.15) is 0 Å². The highest BCUT2D eigenvalue weighted by Gasteiger charge is 2.19. The molecule has 1 unspecified atom stereocenters. The first-order valence-corrected chi connectivity index (χ1v) is 6.29. The molecule has 0 aliphatic heterocycles. The third-order valence-electron chi connectivity index (χ3n) is 2.94. The third-order valence-corrected chi connectivity index (χ3v) is 2.94. The van der Waals surface area contributed by atoms with Crippen LogP contribution in [-0.4, -0.2) is 21.3 Å². The fourth-order valence-electron chi connectivity index (χ4n) is 1.96. The molecule has 0 fully saturated rings. The Kier molecular flexibility index (Phi) is 4.28. The Morgan fingerprint density at radius 3 is 2.68 bits per heavy atom. The SMILES string of the molecule is CCC(c1ccccc1)c1nnc(CCC(=O)O)o1. The van der Waals surface area contributed by atoms with E-state index in [-0.39, 0.29) is 18.8 Å². The summed E-state index contributed by atoms with van der Waals surface area (Å²) >= 11 is 0. The highest BCUT2D eigenvalue weighted by Crippen LogP contribution is 2.26. The number of aryl methyl sites for hydroxylation is 1. The summed E-state index contributed by atoms with van der Waals surface area (Å²) < 4.78 is 5.56. The van der Waals surface area contributed by atoms with Crippen LogP contribution >= 0.6 is 0 Å². The van der Waals surface area contributed by atoms with Crippen LogP contribution in [-0.2, 0) is 11.2 Å². The van der Waals surface area contributed by atoms with Crippen molar-refractivity contribution in [2.24, 2.45) is 0 Å². The molecule has 1 aromatic heterocycles. The lowest BCUT2D eigenvalue weighted by Gasteiger charge is -2.10. The third kappa shape index (κ3) is 3.40. The zero-order valence-electron chi connectivity index (χ0n) is 10.7. The van der Waals surface area contributed by atoms with Crippen molar-refractivity contribution in [1.29, 1.82) is 0 Å². The lowest BCUT2D eigenvalue weighted by molar-refractivity contribution is -0.137. The highest BCUT2D eigenvalue weighted by molar-refractivity contribution is 5.66. The minimum atomic E-state index is -0.866. The Labute approximate surface area is 111 Å². The van der Waals surface area contributed by atoms with Gasteiger partial charge in [-0.05, 0) is 12.0 Å². The van der Waals surface area contributed by atoms with E-state index in [9.17, 15) is 4.79 Å². The highest BCUT2D eigenvalue weighted by atomic mass is 16.4. The summed E-state index contributed by atoms with van der Waals surface area (Å²) in [6.45, 7) is 2.05. The first-order chi connectivity index (χ1) is 9.20. The van der Waals surface area contributed by atoms with E-state index in [1.165, 1.54) is 0 Å². The Balaban J connectivity index is 2.14. The first kappa shape index (κ1) is 13.3. The van der Waals surface area contributed by atoms with Gasteiger partial charge in [-0.25, -0.2) is 0 Å². The molecule has 1 heterocycles. The molecule has 0 amide bonds. The van der Waals surface area contributed by atoms with Crippen LogP contribution in [0.5, 0.6) is 0 Å². The van der Waals surface area contributed by atoms with Gasteiger partial charge in [-0.2, -0.15) is 0 Å². The van der Waals surface area contributed by atoms with E-state index in [1.54, 1.807) is 0 Å². The van der Waals surface area contributed by atoms with Crippen molar-refractivity contribution in [1.82, 2.24) is 10.2 Å². The second-order valence-corrected chi connectivity index (χ2v) is 4.30. The van der Waals surface area contributed by atoms with Gasteiger partial charge in [-0.3, -0.25) is 4.79 Å². The maximum absolute atomic E-state index is 10.5. The molecule has 1 aromatic carbocycles. The number of hydrogen-bond donors (Lipinski definition) is 1. The fourth-order valence-corrected chi connectivity index (χ4v) is 1.96. The molecule has 1 N–H and O–H groups in total. The summed E-state index contributed by atoms with van der Waals surface area (Å²) in [5, 5.41) is 16.6. The summed E-state index contributed by atoms with van der Waals surface area (Å²) in [6, 6.07) is 9.95. The zero-order valence-corrected chi connectivity index (χ0v) is 10.7. The van der Waals surface area contributed by atoms with Crippen LogP contribution in [0.3, 0.4) is 0 Å². The second-order valence-electron chi connectivity index (χ2n) is 4.30. The summed E-state index contributed by atoms with van der Waals surface area (Å²) in [5.74, 6) is 0.128. The topological polar surface area (TPSA) is 76.2 Å². The van der Waals surface area contributed by atoms with Gasteiger partial charge in [0.05, 0.1) is 12.3 Å². The second kappa shape index (κ2) is 6.13. The molecule has 100 valence electrons. The Morgan fingerprint density at radius 2 is 2.05 bits per heavy atom. The number of nitrogens with zero attached hydrogens (tertiary/aromatic N) is 2. The molecular weight excluding hydrogens is 244 g/mol. The van der Waals surface area contributed by atoms with Gasteiger partial charge in [-0.1, -0.05) is 37.3 Å². The van der Waals surface area contributed by atoms with Crippen LogP contribution < -0.4 is 0 Å². The van der Waals surface area contributed by atoms with Crippen LogP contribution in [0.15, 0.2) is 34.7 Å². The standard InChI is InChI=1S/C14H16N2O3/c1-2-11(10-6-4-3-5-7-10)14-16-15-12(19-14)8-9-13(17)18/h3-7,11H,2,8-9H2,1H3,(H,17,18). The van der Waals surface area contributed by atoms with E-state index < -0.39 is 5.97 Å². The molecule has 0 aliphatic rings. The van der Waals surface area contributed by atoms with Crippen LogP contribution in [0, 0.1) is 0 Å². The largest absolute Gasteiger partial charge is 0.481 e. The van der Waals surface area contributed by atoms with E-state index >= 15 is 0 Å². The van der Waals surface area contributed by atoms with Gasteiger partial charge < -0.3 is 9.52 Å². The number of rotatable bonds is 6. The van der Waals surface area contributed by atoms with Crippen LogP contribution in [0.1, 0.15) is 43.0 Å². The van der Waals surface area contributed by atoms with Gasteiger partial charge in [-0.15, -0.1) is 10.2 Å². The maximum atomic E-state index is 10.5. The molecule has 0 spiro atoms. The van der Waals surface area contributed by atoms with Gasteiger partial charge in [0.25, 0.3) is 0 Å². The molecule has 5 nitrogen and oxygen atoms in total. The number of carbonyl (C=O) groups is 1. The zero-order chi connectivity index (χ0) is 13.7. The molecule has 19 heavy (non-hydrogen) atoms. The van der Waals surface area contributed by atoms with Crippen molar-refractivity contribution in [2.75, 3.05) is 0 Å². The molecule has 0 bridgehead atoms. The van der Waals surface area contributed by atoms with E-state index in [2.05, 4.69) is 17.1 Å². The number of hydrogen-bond acceptors (Lipinski definition) is 4. The summed E-state index contributed by atoms with van der Waals surface area (Å²) in [7, 11) is 0. The minimum Gasteiger partial charge on any atom is -0.481 e. The molecule has 0 aliphatic carbocycles. The number of aromatic nitrogens is 2. The Bertz CT molecular complexity index is 537. The predicted octanol–water partition coefficient (Wildman–Crippen LogP) is 2.63. The van der Waals surface area contributed by atoms with Gasteiger partial charge in [0.15, 0.2) is 0 Å². The van der Waals surface area contributed by atoms with Crippen molar-refractivity contribution < 1.29 is 14.3 Å². The average molecular weight is 260 g/mol. The van der Waals surface area contributed by atoms with Gasteiger partial charge >= 0.3 is 5.97 Å². The van der Waals surface area contributed by atoms with Crippen molar-refractivity contribution in [3.8, 4) is 0 Å². The fraction of sp³-hybridized carbons (Fsp3) is 0.357. The Morgan fingerprint density at radius 1 is 1.32 bits per heavy atom. The van der Waals surface area contributed by atoms with Gasteiger partial charge in [0.2, 0.25) is 11.8 Å². The molecule has 1 atom stereocenters. The minimum absolute atomic E-state index is 0.00373. The molecule has 0 radical (unpaired) electrons. The van der Waals surface area contributed by atoms with E-state index in [4.69, 9.17) is 9.52 Å². The van der Waals surface area contributed by atoms with Crippen molar-refractivity contribution in [2.45, 2.75) is 32.1 Å². The van der Waals surface area contributed by atoms with E-state index in [1.807, 2.05) is 30.3 Å². The number of benzene rings is 1. The number of carboxylic acid groups (broad SMARTS) is 1.